The lowest BCUT2D eigenvalue weighted by Gasteiger charge is -2.28. The van der Waals surface area contributed by atoms with Crippen molar-refractivity contribution in [2.75, 3.05) is 23.7 Å². The smallest absolute Gasteiger partial charge is 0.224 e. The number of anilines is 2. The number of hydrogen-bond donors (Lipinski definition) is 3. The Bertz CT molecular complexity index is 575. The highest BCUT2D eigenvalue weighted by atomic mass is 35.5. The molecule has 1 aliphatic heterocycles. The van der Waals surface area contributed by atoms with Gasteiger partial charge in [-0.25, -0.2) is 0 Å². The van der Waals surface area contributed by atoms with Gasteiger partial charge in [0, 0.05) is 18.4 Å². The summed E-state index contributed by atoms with van der Waals surface area (Å²) in [5.41, 5.74) is 1.10. The molecule has 1 aliphatic rings. The summed E-state index contributed by atoms with van der Waals surface area (Å²) in [6.45, 7) is 5.61. The first-order valence-electron chi connectivity index (χ1n) is 8.03. The van der Waals surface area contributed by atoms with Gasteiger partial charge in [0.2, 0.25) is 11.8 Å². The van der Waals surface area contributed by atoms with E-state index >= 15 is 0 Å². The van der Waals surface area contributed by atoms with Crippen molar-refractivity contribution in [2.24, 2.45) is 11.8 Å². The maximum atomic E-state index is 12.3. The number of benzene rings is 1. The monoisotopic (exact) mass is 373 g/mol. The van der Waals surface area contributed by atoms with Crippen LogP contribution in [0.3, 0.4) is 0 Å². The van der Waals surface area contributed by atoms with Crippen molar-refractivity contribution in [2.45, 2.75) is 33.1 Å². The first kappa shape index (κ1) is 20.7. The zero-order valence-corrected chi connectivity index (χ0v) is 15.6. The molecule has 1 unspecified atom stereocenters. The molecule has 0 saturated carbocycles. The van der Waals surface area contributed by atoms with Crippen LogP contribution in [0.15, 0.2) is 18.2 Å². The molecule has 5 nitrogen and oxygen atoms in total. The maximum Gasteiger partial charge on any atom is 0.224 e. The molecule has 3 N–H and O–H groups in total. The number of piperidine rings is 1. The molecular formula is C17H25Cl2N3O2. The van der Waals surface area contributed by atoms with Gasteiger partial charge in [0.1, 0.15) is 0 Å². The van der Waals surface area contributed by atoms with E-state index in [1.54, 1.807) is 18.2 Å². The average molecular weight is 374 g/mol. The summed E-state index contributed by atoms with van der Waals surface area (Å²) in [5, 5.41) is 9.42. The summed E-state index contributed by atoms with van der Waals surface area (Å²) in [5.74, 6) is 0.687. The third kappa shape index (κ3) is 6.30. The van der Waals surface area contributed by atoms with Crippen LogP contribution in [-0.4, -0.2) is 24.9 Å². The normalized spacial score (nSPS) is 16.0. The van der Waals surface area contributed by atoms with E-state index in [1.807, 2.05) is 0 Å². The molecule has 0 bridgehead atoms. The molecule has 0 radical (unpaired) electrons. The summed E-state index contributed by atoms with van der Waals surface area (Å²) in [6, 6.07) is 5.04. The van der Waals surface area contributed by atoms with Gasteiger partial charge in [-0.1, -0.05) is 18.5 Å². The third-order valence-corrected chi connectivity index (χ3v) is 4.50. The van der Waals surface area contributed by atoms with Crippen LogP contribution in [-0.2, 0) is 9.59 Å². The van der Waals surface area contributed by atoms with Gasteiger partial charge in [-0.15, -0.1) is 12.4 Å². The highest BCUT2D eigenvalue weighted by Crippen LogP contribution is 2.28. The third-order valence-electron chi connectivity index (χ3n) is 4.26. The number of hydrogen-bond acceptors (Lipinski definition) is 3. The molecule has 1 atom stereocenters. The minimum absolute atomic E-state index is 0. The molecule has 24 heavy (non-hydrogen) atoms. The molecule has 1 aromatic carbocycles. The van der Waals surface area contributed by atoms with E-state index in [2.05, 4.69) is 22.9 Å². The van der Waals surface area contributed by atoms with Crippen LogP contribution < -0.4 is 16.0 Å². The van der Waals surface area contributed by atoms with Crippen LogP contribution >= 0.6 is 24.0 Å². The van der Waals surface area contributed by atoms with E-state index in [0.29, 0.717) is 34.7 Å². The molecule has 0 spiro atoms. The summed E-state index contributed by atoms with van der Waals surface area (Å²) in [4.78, 5) is 23.6. The lowest BCUT2D eigenvalue weighted by Crippen LogP contribution is -2.32. The highest BCUT2D eigenvalue weighted by Gasteiger charge is 2.22. The number of carbonyl (C=O) groups excluding carboxylic acids is 2. The minimum Gasteiger partial charge on any atom is -0.324 e. The van der Waals surface area contributed by atoms with Crippen LogP contribution in [0.1, 0.15) is 33.1 Å². The fourth-order valence-electron chi connectivity index (χ4n) is 2.99. The summed E-state index contributed by atoms with van der Waals surface area (Å²) < 4.78 is 0. The molecule has 0 aromatic heterocycles. The fourth-order valence-corrected chi connectivity index (χ4v) is 3.16. The molecular weight excluding hydrogens is 349 g/mol. The Morgan fingerprint density at radius 1 is 1.25 bits per heavy atom. The Kier molecular flexibility index (Phi) is 8.53. The predicted octanol–water partition coefficient (Wildman–Crippen LogP) is 3.68. The number of halogens is 2. The standard InChI is InChI=1S/C17H24ClN3O2.ClH/c1-11(13-5-7-19-8-6-13)9-17(23)21-15-4-3-14(18)10-16(15)20-12(2)22;/h3-4,10-11,13,19H,5-9H2,1-2H3,(H,20,22)(H,21,23);1H. The van der Waals surface area contributed by atoms with Crippen molar-refractivity contribution in [3.63, 3.8) is 0 Å². The van der Waals surface area contributed by atoms with E-state index in [-0.39, 0.29) is 24.2 Å². The molecule has 1 fully saturated rings. The van der Waals surface area contributed by atoms with Crippen molar-refractivity contribution in [1.29, 1.82) is 0 Å². The predicted molar refractivity (Wildman–Crippen MR) is 101 cm³/mol. The van der Waals surface area contributed by atoms with Crippen LogP contribution in [0.25, 0.3) is 0 Å². The Morgan fingerprint density at radius 3 is 2.54 bits per heavy atom. The second kappa shape index (κ2) is 9.87. The van der Waals surface area contributed by atoms with E-state index in [4.69, 9.17) is 11.6 Å². The molecule has 0 aliphatic carbocycles. The molecule has 134 valence electrons. The van der Waals surface area contributed by atoms with Crippen LogP contribution in [0.5, 0.6) is 0 Å². The number of amides is 2. The summed E-state index contributed by atoms with van der Waals surface area (Å²) >= 11 is 5.95. The molecule has 1 aromatic rings. The van der Waals surface area contributed by atoms with Crippen LogP contribution in [0.2, 0.25) is 5.02 Å². The van der Waals surface area contributed by atoms with Gasteiger partial charge in [0.25, 0.3) is 0 Å². The summed E-state index contributed by atoms with van der Waals surface area (Å²) in [7, 11) is 0. The lowest BCUT2D eigenvalue weighted by atomic mass is 9.84. The number of nitrogens with one attached hydrogen (secondary N) is 3. The Hall–Kier alpha value is -1.30. The molecule has 1 heterocycles. The van der Waals surface area contributed by atoms with Crippen LogP contribution in [0.4, 0.5) is 11.4 Å². The molecule has 2 amide bonds. The number of rotatable bonds is 5. The Morgan fingerprint density at radius 2 is 1.92 bits per heavy atom. The highest BCUT2D eigenvalue weighted by molar-refractivity contribution is 6.31. The first-order valence-corrected chi connectivity index (χ1v) is 8.41. The van der Waals surface area contributed by atoms with Crippen molar-refractivity contribution in [1.82, 2.24) is 5.32 Å². The largest absolute Gasteiger partial charge is 0.324 e. The van der Waals surface area contributed by atoms with E-state index in [9.17, 15) is 9.59 Å². The second-order valence-electron chi connectivity index (χ2n) is 6.19. The first-order chi connectivity index (χ1) is 11.0. The molecule has 2 rings (SSSR count). The zero-order chi connectivity index (χ0) is 16.8. The van der Waals surface area contributed by atoms with Gasteiger partial charge in [0.15, 0.2) is 0 Å². The van der Waals surface area contributed by atoms with Gasteiger partial charge in [0.05, 0.1) is 11.4 Å². The molecule has 7 heteroatoms. The van der Waals surface area contributed by atoms with Crippen LogP contribution in [0, 0.1) is 11.8 Å². The second-order valence-corrected chi connectivity index (χ2v) is 6.62. The van der Waals surface area contributed by atoms with Gasteiger partial charge >= 0.3 is 0 Å². The quantitative estimate of drug-likeness (QED) is 0.736. The van der Waals surface area contributed by atoms with Gasteiger partial charge in [-0.05, 0) is 56.0 Å². The van der Waals surface area contributed by atoms with E-state index in [1.165, 1.54) is 6.92 Å². The lowest BCUT2D eigenvalue weighted by molar-refractivity contribution is -0.117. The fraction of sp³-hybridized carbons (Fsp3) is 0.529. The average Bonchev–Trinajstić information content (AvgIpc) is 2.50. The topological polar surface area (TPSA) is 70.2 Å². The van der Waals surface area contributed by atoms with Crippen molar-refractivity contribution in [3.05, 3.63) is 23.2 Å². The van der Waals surface area contributed by atoms with E-state index < -0.39 is 0 Å². The Balaban J connectivity index is 0.00000288. The van der Waals surface area contributed by atoms with Crippen molar-refractivity contribution >= 4 is 47.2 Å². The van der Waals surface area contributed by atoms with Crippen molar-refractivity contribution in [3.8, 4) is 0 Å². The van der Waals surface area contributed by atoms with Crippen molar-refractivity contribution < 1.29 is 9.59 Å². The summed E-state index contributed by atoms with van der Waals surface area (Å²) in [6.07, 6.45) is 2.71. The van der Waals surface area contributed by atoms with E-state index in [0.717, 1.165) is 25.9 Å². The molecule has 1 saturated heterocycles. The maximum absolute atomic E-state index is 12.3. The SMILES string of the molecule is CC(=O)Nc1cc(Cl)ccc1NC(=O)CC(C)C1CCNCC1.Cl. The van der Waals surface area contributed by atoms with Gasteiger partial charge < -0.3 is 16.0 Å². The van der Waals surface area contributed by atoms with Gasteiger partial charge in [-0.2, -0.15) is 0 Å². The number of carbonyl (C=O) groups is 2. The minimum atomic E-state index is -0.203. The Labute approximate surface area is 154 Å². The zero-order valence-electron chi connectivity index (χ0n) is 14.0. The van der Waals surface area contributed by atoms with Gasteiger partial charge in [-0.3, -0.25) is 9.59 Å².